The molecule has 0 bridgehead atoms. The molecule has 5 aromatic carbocycles. The number of fused-ring (bicyclic) bond motifs is 2. The molecule has 1 amide bonds. The number of hydrogen-bond acceptors (Lipinski definition) is 9. The van der Waals surface area contributed by atoms with E-state index in [1.165, 1.54) is 12.1 Å². The number of carbonyl (C=O) groups is 1. The van der Waals surface area contributed by atoms with Gasteiger partial charge in [0.15, 0.2) is 0 Å². The van der Waals surface area contributed by atoms with E-state index < -0.39 is 23.6 Å². The number of nitriles is 1. The number of halogens is 1. The van der Waals surface area contributed by atoms with Crippen molar-refractivity contribution in [2.75, 3.05) is 26.4 Å². The third-order valence-corrected chi connectivity index (χ3v) is 13.3. The van der Waals surface area contributed by atoms with E-state index in [-0.39, 0.29) is 56.4 Å². The molecule has 1 heterocycles. The van der Waals surface area contributed by atoms with Gasteiger partial charge in [-0.15, -0.1) is 6.58 Å². The van der Waals surface area contributed by atoms with Crippen molar-refractivity contribution in [3.8, 4) is 34.4 Å². The average Bonchev–Trinajstić information content (AvgIpc) is 3.36. The molecule has 10 nitrogen and oxygen atoms in total. The maximum Gasteiger partial charge on any atom is 0.254 e. The molecule has 3 aliphatic rings. The molecule has 2 aliphatic carbocycles. The van der Waals surface area contributed by atoms with Crippen LogP contribution in [0.25, 0.3) is 11.1 Å². The van der Waals surface area contributed by atoms with Gasteiger partial charge < -0.3 is 34.2 Å². The van der Waals surface area contributed by atoms with Crippen LogP contribution in [0, 0.1) is 34.9 Å². The SMILES string of the molecule is C=CCO[C@@]12Oc3ccc(Oc4ccc(-c5ccccc5)cc4)cc3[C@H]3[C@H](CCCCO)[C@@H](CCCCO)C=C(C(=NOCC)C[C@@H]1N(Cc1ccc(F)cc1)C(=O)c1ccc(C#N)cc1)[C@H]32. The molecular weight excluding hydrogens is 846 g/mol. The summed E-state index contributed by atoms with van der Waals surface area (Å²) in [5, 5.41) is 34.4. The Kier molecular flexibility index (Phi) is 15.3. The summed E-state index contributed by atoms with van der Waals surface area (Å²) < 4.78 is 35.6. The van der Waals surface area contributed by atoms with Crippen molar-refractivity contribution in [3.05, 3.63) is 174 Å². The first kappa shape index (κ1) is 46.9. The highest BCUT2D eigenvalue weighted by Crippen LogP contribution is 2.62. The van der Waals surface area contributed by atoms with Crippen LogP contribution in [-0.2, 0) is 16.1 Å². The second-order valence-corrected chi connectivity index (χ2v) is 17.4. The number of rotatable bonds is 20. The van der Waals surface area contributed by atoms with Gasteiger partial charge in [-0.2, -0.15) is 5.26 Å². The maximum atomic E-state index is 15.3. The normalized spacial score (nSPS) is 22.0. The molecule has 0 unspecified atom stereocenters. The van der Waals surface area contributed by atoms with Gasteiger partial charge in [0.1, 0.15) is 35.7 Å². The fraction of sp³-hybridized carbons (Fsp3) is 0.339. The van der Waals surface area contributed by atoms with Crippen molar-refractivity contribution >= 4 is 11.6 Å². The van der Waals surface area contributed by atoms with Gasteiger partial charge in [0, 0.05) is 43.2 Å². The Balaban J connectivity index is 1.32. The minimum Gasteiger partial charge on any atom is -0.459 e. The number of unbranched alkanes of at least 4 members (excludes halogenated alkanes) is 2. The van der Waals surface area contributed by atoms with Gasteiger partial charge in [-0.3, -0.25) is 4.79 Å². The number of ether oxygens (including phenoxy) is 3. The smallest absolute Gasteiger partial charge is 0.254 e. The van der Waals surface area contributed by atoms with Crippen LogP contribution in [0.1, 0.15) is 84.8 Å². The van der Waals surface area contributed by atoms with E-state index in [0.717, 1.165) is 47.9 Å². The van der Waals surface area contributed by atoms with E-state index in [0.29, 0.717) is 59.1 Å². The van der Waals surface area contributed by atoms with Gasteiger partial charge in [-0.1, -0.05) is 84.7 Å². The highest BCUT2D eigenvalue weighted by atomic mass is 19.1. The Bertz CT molecular complexity index is 2580. The Morgan fingerprint density at radius 3 is 2.30 bits per heavy atom. The van der Waals surface area contributed by atoms with Crippen molar-refractivity contribution in [2.24, 2.45) is 22.9 Å². The van der Waals surface area contributed by atoms with Gasteiger partial charge in [0.2, 0.25) is 5.79 Å². The third-order valence-electron chi connectivity index (χ3n) is 13.3. The van der Waals surface area contributed by atoms with Crippen LogP contribution < -0.4 is 9.47 Å². The topological polar surface area (TPSA) is 134 Å². The molecule has 0 spiro atoms. The molecule has 1 saturated carbocycles. The monoisotopic (exact) mass is 903 g/mol. The number of carbonyl (C=O) groups excluding carboxylic acids is 1. The lowest BCUT2D eigenvalue weighted by Gasteiger charge is -2.60. The highest BCUT2D eigenvalue weighted by molar-refractivity contribution is 6.03. The Hall–Kier alpha value is -6.58. The zero-order valence-corrected chi connectivity index (χ0v) is 37.9. The van der Waals surface area contributed by atoms with E-state index in [2.05, 4.69) is 36.9 Å². The number of oxime groups is 1. The first-order valence-corrected chi connectivity index (χ1v) is 23.4. The minimum absolute atomic E-state index is 0.000578. The number of nitrogens with zero attached hydrogens (tertiary/aromatic N) is 3. The molecule has 346 valence electrons. The van der Waals surface area contributed by atoms with Crippen LogP contribution in [0.15, 0.2) is 151 Å². The van der Waals surface area contributed by atoms with Crippen LogP contribution >= 0.6 is 0 Å². The fourth-order valence-corrected chi connectivity index (χ4v) is 10.3. The average molecular weight is 904 g/mol. The fourth-order valence-electron chi connectivity index (χ4n) is 10.3. The molecule has 1 aliphatic heterocycles. The minimum atomic E-state index is -1.52. The zero-order valence-electron chi connectivity index (χ0n) is 37.9. The summed E-state index contributed by atoms with van der Waals surface area (Å²) >= 11 is 0. The van der Waals surface area contributed by atoms with E-state index in [1.54, 1.807) is 47.4 Å². The van der Waals surface area contributed by atoms with Crippen LogP contribution in [-0.4, -0.2) is 65.0 Å². The number of aliphatic hydroxyl groups is 2. The first-order valence-electron chi connectivity index (χ1n) is 23.4. The summed E-state index contributed by atoms with van der Waals surface area (Å²) in [5.41, 5.74) is 6.13. The molecule has 67 heavy (non-hydrogen) atoms. The second kappa shape index (κ2) is 21.8. The van der Waals surface area contributed by atoms with Crippen molar-refractivity contribution in [3.63, 3.8) is 0 Å². The lowest BCUT2D eigenvalue weighted by atomic mass is 9.55. The molecule has 11 heteroatoms. The maximum absolute atomic E-state index is 15.3. The van der Waals surface area contributed by atoms with Crippen LogP contribution in [0.2, 0.25) is 0 Å². The van der Waals surface area contributed by atoms with Crippen LogP contribution in [0.4, 0.5) is 4.39 Å². The van der Waals surface area contributed by atoms with Gasteiger partial charge in [0.25, 0.3) is 5.91 Å². The van der Waals surface area contributed by atoms with Crippen molar-refractivity contribution < 1.29 is 38.4 Å². The lowest BCUT2D eigenvalue weighted by molar-refractivity contribution is -0.255. The van der Waals surface area contributed by atoms with Crippen LogP contribution in [0.3, 0.4) is 0 Å². The van der Waals surface area contributed by atoms with E-state index in [9.17, 15) is 19.9 Å². The highest BCUT2D eigenvalue weighted by Gasteiger charge is 2.65. The second-order valence-electron chi connectivity index (χ2n) is 17.4. The molecular formula is C56H58FN3O7. The molecule has 0 aromatic heterocycles. The van der Waals surface area contributed by atoms with E-state index in [1.807, 2.05) is 61.5 Å². The number of amides is 1. The van der Waals surface area contributed by atoms with Gasteiger partial charge >= 0.3 is 0 Å². The number of allylic oxidation sites excluding steroid dienone is 1. The first-order chi connectivity index (χ1) is 32.8. The molecule has 0 saturated heterocycles. The molecule has 8 rings (SSSR count). The van der Waals surface area contributed by atoms with Crippen LogP contribution in [0.5, 0.6) is 17.2 Å². The third kappa shape index (κ3) is 10.2. The molecule has 1 fully saturated rings. The summed E-state index contributed by atoms with van der Waals surface area (Å²) in [6, 6.07) is 38.0. The predicted octanol–water partition coefficient (Wildman–Crippen LogP) is 11.2. The standard InChI is InChI=1S/C56H58FN3O7/c1-3-32-64-56-52(60(37-39-18-24-44(57)25-19-39)55(63)42-20-16-38(36-58)17-21-42)35-50(59-65-4-2)48-33-43(14-8-10-30-61)47(15-9-11-31-62)53(54(48)56)49-34-46(28-29-51(49)67-56)66-45-26-22-41(23-27-45)40-12-6-5-7-13-40/h3,5-7,12-13,16-29,33-34,43,47,52-54,61-62H,1,4,8-11,14-15,30-32,35,37H2,2H3/t43-,47+,52-,53+,54+,56+/m0/s1. The summed E-state index contributed by atoms with van der Waals surface area (Å²) in [5.74, 6) is -1.16. The number of benzene rings is 5. The van der Waals surface area contributed by atoms with E-state index >= 15 is 4.79 Å². The summed E-state index contributed by atoms with van der Waals surface area (Å²) in [4.78, 5) is 22.9. The molecule has 2 N–H and O–H groups in total. The van der Waals surface area contributed by atoms with Gasteiger partial charge in [-0.25, -0.2) is 4.39 Å². The zero-order chi connectivity index (χ0) is 46.8. The molecule has 5 aromatic rings. The van der Waals surface area contributed by atoms with Gasteiger partial charge in [-0.05, 0) is 133 Å². The molecule has 0 radical (unpaired) electrons. The van der Waals surface area contributed by atoms with Crippen molar-refractivity contribution in [1.82, 2.24) is 4.90 Å². The Morgan fingerprint density at radius 2 is 1.61 bits per heavy atom. The Labute approximate surface area is 392 Å². The summed E-state index contributed by atoms with van der Waals surface area (Å²) in [6.07, 6.45) is 8.58. The van der Waals surface area contributed by atoms with Crippen molar-refractivity contribution in [2.45, 2.75) is 76.2 Å². The number of hydrogen-bond donors (Lipinski definition) is 2. The van der Waals surface area contributed by atoms with Crippen molar-refractivity contribution in [1.29, 1.82) is 5.26 Å². The lowest BCUT2D eigenvalue weighted by Crippen LogP contribution is -2.70. The van der Waals surface area contributed by atoms with Gasteiger partial charge in [0.05, 0.1) is 29.9 Å². The summed E-state index contributed by atoms with van der Waals surface area (Å²) in [7, 11) is 0. The summed E-state index contributed by atoms with van der Waals surface area (Å²) in [6.45, 7) is 6.54. The van der Waals surface area contributed by atoms with E-state index in [4.69, 9.17) is 24.2 Å². The molecule has 6 atom stereocenters. The largest absolute Gasteiger partial charge is 0.459 e. The predicted molar refractivity (Wildman–Crippen MR) is 256 cm³/mol. The Morgan fingerprint density at radius 1 is 0.910 bits per heavy atom. The number of aliphatic hydroxyl groups excluding tert-OH is 2. The quantitative estimate of drug-likeness (QED) is 0.0448.